The summed E-state index contributed by atoms with van der Waals surface area (Å²) in [7, 11) is -3.68. The van der Waals surface area contributed by atoms with Crippen LogP contribution in [-0.4, -0.2) is 74.3 Å². The highest BCUT2D eigenvalue weighted by Gasteiger charge is 2.44. The van der Waals surface area contributed by atoms with Gasteiger partial charge in [0.05, 0.1) is 25.4 Å². The Morgan fingerprint density at radius 3 is 2.47 bits per heavy atom. The minimum Gasteiger partial charge on any atom is -0.447 e. The molecule has 3 unspecified atom stereocenters. The molecule has 0 radical (unpaired) electrons. The lowest BCUT2D eigenvalue weighted by Crippen LogP contribution is -2.58. The van der Waals surface area contributed by atoms with Gasteiger partial charge < -0.3 is 23.6 Å². The summed E-state index contributed by atoms with van der Waals surface area (Å²) in [5, 5.41) is 3.89. The lowest BCUT2D eigenvalue weighted by atomic mass is 9.84. The lowest BCUT2D eigenvalue weighted by molar-refractivity contribution is -0.167. The van der Waals surface area contributed by atoms with Crippen LogP contribution in [0.1, 0.15) is 32.8 Å². The van der Waals surface area contributed by atoms with Crippen LogP contribution in [0.4, 0.5) is 9.18 Å². The number of amides is 1. The molecule has 2 bridgehead atoms. The molecule has 2 fully saturated rings. The summed E-state index contributed by atoms with van der Waals surface area (Å²) in [6.07, 6.45) is -0.318. The number of carbonyl (C=O) groups excluding carboxylic acids is 1. The van der Waals surface area contributed by atoms with E-state index in [0.29, 0.717) is 26.3 Å². The first-order chi connectivity index (χ1) is 16.0. The van der Waals surface area contributed by atoms with E-state index >= 15 is 0 Å². The summed E-state index contributed by atoms with van der Waals surface area (Å²) < 4.78 is 60.1. The van der Waals surface area contributed by atoms with Crippen molar-refractivity contribution in [2.45, 2.75) is 44.0 Å². The molecule has 1 aromatic carbocycles. The van der Waals surface area contributed by atoms with E-state index in [-0.39, 0.29) is 47.4 Å². The second kappa shape index (κ2) is 9.59. The van der Waals surface area contributed by atoms with Gasteiger partial charge in [-0.2, -0.15) is 4.98 Å². The van der Waals surface area contributed by atoms with Gasteiger partial charge in [0.15, 0.2) is 9.84 Å². The zero-order valence-corrected chi connectivity index (χ0v) is 20.2. The smallest absolute Gasteiger partial charge is 0.410 e. The van der Waals surface area contributed by atoms with Crippen molar-refractivity contribution in [3.63, 3.8) is 0 Å². The van der Waals surface area contributed by atoms with E-state index in [1.807, 2.05) is 13.8 Å². The number of piperidine rings is 1. The molecule has 2 aromatic rings. The largest absolute Gasteiger partial charge is 0.447 e. The third kappa shape index (κ3) is 5.23. The number of ether oxygens (including phenoxy) is 3. The topological polar surface area (TPSA) is 121 Å². The Balaban J connectivity index is 1.44. The molecule has 2 aliphatic heterocycles. The van der Waals surface area contributed by atoms with Crippen molar-refractivity contribution in [3.05, 3.63) is 29.9 Å². The van der Waals surface area contributed by atoms with Crippen LogP contribution in [0.3, 0.4) is 0 Å². The second-order valence-electron chi connectivity index (χ2n) is 9.01. The maximum Gasteiger partial charge on any atom is 0.410 e. The molecule has 0 saturated carbocycles. The van der Waals surface area contributed by atoms with E-state index in [1.165, 1.54) is 12.1 Å². The molecule has 3 heterocycles. The van der Waals surface area contributed by atoms with Crippen LogP contribution >= 0.6 is 0 Å². The highest BCUT2D eigenvalue weighted by atomic mass is 32.2. The van der Waals surface area contributed by atoms with E-state index in [4.69, 9.17) is 18.7 Å². The summed E-state index contributed by atoms with van der Waals surface area (Å²) in [6.45, 7) is 7.24. The van der Waals surface area contributed by atoms with E-state index in [1.54, 1.807) is 11.8 Å². The molecule has 34 heavy (non-hydrogen) atoms. The monoisotopic (exact) mass is 497 g/mol. The number of halogens is 1. The van der Waals surface area contributed by atoms with Crippen molar-refractivity contribution < 1.29 is 36.3 Å². The molecule has 186 valence electrons. The van der Waals surface area contributed by atoms with Gasteiger partial charge in [-0.05, 0) is 39.0 Å². The first-order valence-electron chi connectivity index (χ1n) is 11.0. The van der Waals surface area contributed by atoms with Gasteiger partial charge in [-0.1, -0.05) is 5.16 Å². The van der Waals surface area contributed by atoms with Gasteiger partial charge in [0.25, 0.3) is 5.89 Å². The van der Waals surface area contributed by atoms with Gasteiger partial charge in [-0.15, -0.1) is 0 Å². The molecule has 2 aliphatic rings. The summed E-state index contributed by atoms with van der Waals surface area (Å²) in [5.41, 5.74) is 0.286. The van der Waals surface area contributed by atoms with Gasteiger partial charge >= 0.3 is 6.09 Å². The van der Waals surface area contributed by atoms with E-state index in [2.05, 4.69) is 10.1 Å². The van der Waals surface area contributed by atoms with Gasteiger partial charge in [-0.3, -0.25) is 0 Å². The molecule has 0 aliphatic carbocycles. The summed E-state index contributed by atoms with van der Waals surface area (Å²) >= 11 is 0. The summed E-state index contributed by atoms with van der Waals surface area (Å²) in [6, 6.07) is 3.66. The Bertz CT molecular complexity index is 1140. The minimum absolute atomic E-state index is 0.0327. The van der Waals surface area contributed by atoms with Gasteiger partial charge in [0.1, 0.15) is 16.8 Å². The molecular weight excluding hydrogens is 469 g/mol. The lowest BCUT2D eigenvalue weighted by Gasteiger charge is -2.46. The highest BCUT2D eigenvalue weighted by Crippen LogP contribution is 2.34. The average molecular weight is 498 g/mol. The number of carbonyl (C=O) groups is 1. The summed E-state index contributed by atoms with van der Waals surface area (Å²) in [5.74, 6) is -0.613. The van der Waals surface area contributed by atoms with Crippen molar-refractivity contribution in [2.75, 3.05) is 32.6 Å². The fourth-order valence-corrected chi connectivity index (χ4v) is 5.03. The van der Waals surface area contributed by atoms with Crippen LogP contribution in [0.15, 0.2) is 27.6 Å². The molecule has 1 amide bonds. The molecule has 12 heteroatoms. The number of sulfone groups is 1. The molecule has 2 saturated heterocycles. The Morgan fingerprint density at radius 1 is 1.21 bits per heavy atom. The normalized spacial score (nSPS) is 23.7. The van der Waals surface area contributed by atoms with Crippen LogP contribution < -0.4 is 0 Å². The Hall–Kier alpha value is -2.57. The van der Waals surface area contributed by atoms with Crippen molar-refractivity contribution >= 4 is 15.9 Å². The summed E-state index contributed by atoms with van der Waals surface area (Å²) in [4.78, 5) is 18.0. The van der Waals surface area contributed by atoms with Crippen molar-refractivity contribution in [1.82, 2.24) is 15.0 Å². The first kappa shape index (κ1) is 24.6. The standard InChI is InChI=1S/C22H28FN3O7S/c1-12(2)31-22(27)26-8-15-10-30-11-16(9-26)19(15)32-13(3)21-24-20(25-33-21)14-5-6-18(17(23)7-14)34(4,28)29/h5-7,12-13,15-16,19H,8-11H2,1-4H3. The fraction of sp³-hybridized carbons (Fsp3) is 0.591. The number of rotatable bonds is 6. The van der Waals surface area contributed by atoms with E-state index < -0.39 is 26.7 Å². The fourth-order valence-electron chi connectivity index (χ4n) is 4.30. The van der Waals surface area contributed by atoms with Gasteiger partial charge in [-0.25, -0.2) is 17.6 Å². The predicted molar refractivity (Wildman–Crippen MR) is 117 cm³/mol. The molecule has 4 rings (SSSR count). The SMILES string of the molecule is CC(C)OC(=O)N1CC2COCC(C1)C2OC(C)c1nc(-c2ccc(S(C)(=O)=O)c(F)c2)no1. The van der Waals surface area contributed by atoms with Crippen molar-refractivity contribution in [3.8, 4) is 11.4 Å². The van der Waals surface area contributed by atoms with Gasteiger partial charge in [0.2, 0.25) is 5.82 Å². The van der Waals surface area contributed by atoms with Crippen LogP contribution in [0.25, 0.3) is 11.4 Å². The van der Waals surface area contributed by atoms with Gasteiger partial charge in [0, 0.05) is 36.7 Å². The molecule has 1 aromatic heterocycles. The average Bonchev–Trinajstić information content (AvgIpc) is 3.22. The number of likely N-dealkylation sites (tertiary alicyclic amines) is 1. The maximum atomic E-state index is 14.3. The quantitative estimate of drug-likeness (QED) is 0.593. The maximum absolute atomic E-state index is 14.3. The molecule has 3 atom stereocenters. The van der Waals surface area contributed by atoms with Crippen molar-refractivity contribution in [1.29, 1.82) is 0 Å². The van der Waals surface area contributed by atoms with Crippen molar-refractivity contribution in [2.24, 2.45) is 11.8 Å². The van der Waals surface area contributed by atoms with Crippen LogP contribution in [0, 0.1) is 17.7 Å². The highest BCUT2D eigenvalue weighted by molar-refractivity contribution is 7.90. The van der Waals surface area contributed by atoms with E-state index in [0.717, 1.165) is 12.3 Å². The number of hydrogen-bond acceptors (Lipinski definition) is 9. The second-order valence-corrected chi connectivity index (χ2v) is 11.0. The van der Waals surface area contributed by atoms with E-state index in [9.17, 15) is 17.6 Å². The predicted octanol–water partition coefficient (Wildman–Crippen LogP) is 2.85. The first-order valence-corrected chi connectivity index (χ1v) is 12.9. The third-order valence-corrected chi connectivity index (χ3v) is 6.97. The van der Waals surface area contributed by atoms with Crippen LogP contribution in [-0.2, 0) is 24.0 Å². The van der Waals surface area contributed by atoms with Crippen LogP contribution in [0.2, 0.25) is 0 Å². The zero-order chi connectivity index (χ0) is 24.6. The van der Waals surface area contributed by atoms with Crippen LogP contribution in [0.5, 0.6) is 0 Å². The number of hydrogen-bond donors (Lipinski definition) is 0. The number of benzene rings is 1. The number of fused-ring (bicyclic) bond motifs is 2. The third-order valence-electron chi connectivity index (χ3n) is 5.84. The molecule has 0 N–H and O–H groups in total. The zero-order valence-electron chi connectivity index (χ0n) is 19.4. The minimum atomic E-state index is -3.68. The molecule has 0 spiro atoms. The Morgan fingerprint density at radius 2 is 1.88 bits per heavy atom. The Labute approximate surface area is 197 Å². The molecular formula is C22H28FN3O7S. The number of aromatic nitrogens is 2. The Kier molecular flexibility index (Phi) is 6.92. The number of nitrogens with zero attached hydrogens (tertiary/aromatic N) is 3. The molecule has 10 nitrogen and oxygen atoms in total.